The van der Waals surface area contributed by atoms with E-state index in [9.17, 15) is 5.26 Å². The molecule has 4 aromatic heterocycles. The second kappa shape index (κ2) is 13.3. The lowest BCUT2D eigenvalue weighted by Crippen LogP contribution is -2.10. The van der Waals surface area contributed by atoms with Gasteiger partial charge in [0.15, 0.2) is 0 Å². The largest absolute Gasteiger partial charge is 0.306 e. The summed E-state index contributed by atoms with van der Waals surface area (Å²) in [7, 11) is 0. The van der Waals surface area contributed by atoms with Crippen LogP contribution in [0.5, 0.6) is 0 Å². The van der Waals surface area contributed by atoms with E-state index in [1.807, 2.05) is 59.1 Å². The number of fused-ring (bicyclic) bond motifs is 14. The van der Waals surface area contributed by atoms with Crippen LogP contribution in [0.1, 0.15) is 5.56 Å². The van der Waals surface area contributed by atoms with E-state index in [0.717, 1.165) is 77.2 Å². The quantitative estimate of drug-likeness (QED) is 0.163. The zero-order valence-electron chi connectivity index (χ0n) is 32.9. The third-order valence-corrected chi connectivity index (χ3v) is 15.0. The Hall–Kier alpha value is -8.00. The van der Waals surface area contributed by atoms with Crippen molar-refractivity contribution >= 4 is 112 Å². The fourth-order valence-electron chi connectivity index (χ4n) is 10.1. The first-order valence-electron chi connectivity index (χ1n) is 20.5. The first kappa shape index (κ1) is 34.8. The summed E-state index contributed by atoms with van der Waals surface area (Å²) >= 11 is 3.62. The topological polar surface area (TPSA) is 38.0 Å². The Labute approximate surface area is 363 Å². The van der Waals surface area contributed by atoms with Crippen LogP contribution in [0.15, 0.2) is 182 Å². The van der Waals surface area contributed by atoms with Crippen molar-refractivity contribution in [2.45, 2.75) is 0 Å². The molecule has 0 radical (unpaired) electrons. The first-order chi connectivity index (χ1) is 30.7. The summed E-state index contributed by atoms with van der Waals surface area (Å²) in [5.74, 6) is 0. The van der Waals surface area contributed by atoms with Gasteiger partial charge in [0.05, 0.1) is 61.0 Å². The molecular weight excluding hydrogens is 793 g/mol. The van der Waals surface area contributed by atoms with Crippen molar-refractivity contribution in [2.75, 3.05) is 0 Å². The fourth-order valence-corrected chi connectivity index (χ4v) is 12.5. The number of benzene rings is 9. The molecule has 0 atom stereocenters. The average molecular weight is 823 g/mol. The third-order valence-electron chi connectivity index (χ3n) is 12.6. The number of para-hydroxylation sites is 2. The van der Waals surface area contributed by atoms with Crippen molar-refractivity contribution in [2.24, 2.45) is 0 Å². The molecule has 0 aliphatic heterocycles. The smallest absolute Gasteiger partial charge is 0.215 e. The van der Waals surface area contributed by atoms with Crippen molar-refractivity contribution in [3.8, 4) is 39.7 Å². The van der Waals surface area contributed by atoms with Crippen molar-refractivity contribution in [3.63, 3.8) is 0 Å². The van der Waals surface area contributed by atoms with Gasteiger partial charge in [-0.1, -0.05) is 158 Å². The molecule has 0 unspecified atom stereocenters. The highest BCUT2D eigenvalue weighted by atomic mass is 32.1. The molecule has 0 spiro atoms. The maximum absolute atomic E-state index is 11.6. The molecule has 4 nitrogen and oxygen atoms in total. The molecule has 0 bridgehead atoms. The zero-order chi connectivity index (χ0) is 41.1. The molecule has 0 saturated heterocycles. The Morgan fingerprint density at radius 2 is 0.823 bits per heavy atom. The minimum atomic E-state index is 0.332. The maximum atomic E-state index is 11.6. The van der Waals surface area contributed by atoms with Gasteiger partial charge < -0.3 is 9.13 Å². The SMILES string of the molecule is [C-]#[N+]c1c(C#N)c(-c2ccccc2)c(-n2c3ccccc3c3ccc4c5ccccc5sc4c32)c(-n2c3ccccc3c3ccc4c5ccccc5sc4c32)c1-c1ccccc1. The number of nitrogens with zero attached hydrogens (tertiary/aromatic N) is 4. The van der Waals surface area contributed by atoms with E-state index in [0.29, 0.717) is 11.3 Å². The number of hydrogen-bond donors (Lipinski definition) is 0. The van der Waals surface area contributed by atoms with Crippen LogP contribution in [0, 0.1) is 17.9 Å². The highest BCUT2D eigenvalue weighted by Crippen LogP contribution is 2.54. The van der Waals surface area contributed by atoms with Gasteiger partial charge >= 0.3 is 0 Å². The monoisotopic (exact) mass is 822 g/mol. The summed E-state index contributed by atoms with van der Waals surface area (Å²) in [6.45, 7) is 9.03. The minimum Gasteiger partial charge on any atom is -0.306 e. The molecule has 0 fully saturated rings. The first-order valence-corrected chi connectivity index (χ1v) is 22.2. The van der Waals surface area contributed by atoms with Crippen LogP contribution < -0.4 is 0 Å². The fraction of sp³-hybridized carbons (Fsp3) is 0. The summed E-state index contributed by atoms with van der Waals surface area (Å²) < 4.78 is 9.66. The van der Waals surface area contributed by atoms with E-state index in [1.165, 1.54) is 40.3 Å². The number of nitriles is 1. The molecule has 62 heavy (non-hydrogen) atoms. The number of rotatable bonds is 4. The Bertz CT molecular complexity index is 3850. The van der Waals surface area contributed by atoms with Gasteiger partial charge in [-0.25, -0.2) is 4.85 Å². The van der Waals surface area contributed by atoms with Crippen LogP contribution in [0.3, 0.4) is 0 Å². The molecule has 9 aromatic carbocycles. The molecule has 13 aromatic rings. The van der Waals surface area contributed by atoms with Gasteiger partial charge in [-0.05, 0) is 35.4 Å². The van der Waals surface area contributed by atoms with Crippen LogP contribution in [0.25, 0.3) is 122 Å². The van der Waals surface area contributed by atoms with Crippen LogP contribution in [-0.2, 0) is 0 Å². The summed E-state index contributed by atoms with van der Waals surface area (Å²) in [4.78, 5) is 4.37. The zero-order valence-corrected chi connectivity index (χ0v) is 34.6. The van der Waals surface area contributed by atoms with Gasteiger partial charge in [-0.15, -0.1) is 22.7 Å². The normalized spacial score (nSPS) is 11.8. The molecule has 0 aliphatic carbocycles. The predicted octanol–water partition coefficient (Wildman–Crippen LogP) is 16.4. The van der Waals surface area contributed by atoms with Gasteiger partial charge in [0.25, 0.3) is 0 Å². The number of aromatic nitrogens is 2. The van der Waals surface area contributed by atoms with Gasteiger partial charge in [0.2, 0.25) is 5.69 Å². The predicted molar refractivity (Wildman–Crippen MR) is 263 cm³/mol. The molecule has 0 aliphatic rings. The van der Waals surface area contributed by atoms with Crippen molar-refractivity contribution in [3.05, 3.63) is 199 Å². The van der Waals surface area contributed by atoms with Gasteiger partial charge in [0.1, 0.15) is 0 Å². The lowest BCUT2D eigenvalue weighted by Gasteiger charge is -2.26. The van der Waals surface area contributed by atoms with Crippen LogP contribution in [-0.4, -0.2) is 9.13 Å². The standard InChI is InChI=1S/C56H30N4S2/c1-58-50-43(32-57)48(33-16-4-2-5-17-33)53(59-44-24-12-8-20-35(44)39-28-30-41-37-22-10-14-26-46(37)61-55(41)51(39)59)54(49(50)34-18-6-3-7-19-34)60-45-25-13-9-21-36(45)40-29-31-42-38-23-11-15-27-47(38)62-56(42)52(40)60/h2-31H. The molecule has 286 valence electrons. The summed E-state index contributed by atoms with van der Waals surface area (Å²) in [6, 6.07) is 66.8. The Balaban J connectivity index is 1.38. The summed E-state index contributed by atoms with van der Waals surface area (Å²) in [5.41, 5.74) is 9.80. The molecule has 0 amide bonds. The van der Waals surface area contributed by atoms with E-state index in [4.69, 9.17) is 6.57 Å². The molecule has 0 saturated carbocycles. The van der Waals surface area contributed by atoms with E-state index >= 15 is 0 Å². The second-order valence-corrected chi connectivity index (χ2v) is 17.8. The lowest BCUT2D eigenvalue weighted by molar-refractivity contribution is 1.10. The Morgan fingerprint density at radius 1 is 0.419 bits per heavy atom. The third kappa shape index (κ3) is 4.68. The summed E-state index contributed by atoms with van der Waals surface area (Å²) in [5, 5.41) is 20.9. The van der Waals surface area contributed by atoms with Crippen molar-refractivity contribution in [1.82, 2.24) is 9.13 Å². The van der Waals surface area contributed by atoms with E-state index in [-0.39, 0.29) is 0 Å². The molecule has 4 heterocycles. The van der Waals surface area contributed by atoms with Gasteiger partial charge in [-0.2, -0.15) is 5.26 Å². The van der Waals surface area contributed by atoms with E-state index in [2.05, 4.69) is 166 Å². The lowest BCUT2D eigenvalue weighted by atomic mass is 9.88. The van der Waals surface area contributed by atoms with Crippen LogP contribution >= 0.6 is 22.7 Å². The highest BCUT2D eigenvalue weighted by molar-refractivity contribution is 7.27. The van der Waals surface area contributed by atoms with Gasteiger partial charge in [-0.3, -0.25) is 0 Å². The molecule has 6 heteroatoms. The van der Waals surface area contributed by atoms with Crippen molar-refractivity contribution in [1.29, 1.82) is 5.26 Å². The number of thiophene rings is 2. The summed E-state index contributed by atoms with van der Waals surface area (Å²) in [6.07, 6.45) is 0. The average Bonchev–Trinajstić information content (AvgIpc) is 4.09. The van der Waals surface area contributed by atoms with Gasteiger partial charge in [0, 0.05) is 63.6 Å². The molecule has 13 rings (SSSR count). The van der Waals surface area contributed by atoms with E-state index in [1.54, 1.807) is 0 Å². The number of hydrogen-bond acceptors (Lipinski definition) is 3. The van der Waals surface area contributed by atoms with Crippen molar-refractivity contribution < 1.29 is 0 Å². The van der Waals surface area contributed by atoms with E-state index < -0.39 is 0 Å². The second-order valence-electron chi connectivity index (χ2n) is 15.7. The van der Waals surface area contributed by atoms with Crippen LogP contribution in [0.4, 0.5) is 5.69 Å². The highest BCUT2D eigenvalue weighted by Gasteiger charge is 2.33. The Morgan fingerprint density at radius 3 is 1.31 bits per heavy atom. The minimum absolute atomic E-state index is 0.332. The maximum Gasteiger partial charge on any atom is 0.215 e. The molecule has 0 N–H and O–H groups in total. The Kier molecular flexibility index (Phi) is 7.44. The molecular formula is C56H30N4S2. The van der Waals surface area contributed by atoms with Crippen LogP contribution in [0.2, 0.25) is 0 Å².